The van der Waals surface area contributed by atoms with Crippen LogP contribution in [0.3, 0.4) is 0 Å². The molecule has 1 amide bonds. The number of rotatable bonds is 9. The maximum absolute atomic E-state index is 12.1. The van der Waals surface area contributed by atoms with Crippen molar-refractivity contribution >= 4 is 17.7 Å². The van der Waals surface area contributed by atoms with Crippen LogP contribution < -0.4 is 5.56 Å². The summed E-state index contributed by atoms with van der Waals surface area (Å²) in [5.74, 6) is -0.0605. The molecular formula is C17H27N3O4S. The number of amides is 1. The van der Waals surface area contributed by atoms with Crippen LogP contribution in [0.1, 0.15) is 44.6 Å². The van der Waals surface area contributed by atoms with Crippen molar-refractivity contribution in [2.24, 2.45) is 0 Å². The van der Waals surface area contributed by atoms with Crippen molar-refractivity contribution in [2.75, 3.05) is 32.1 Å². The number of hydrogen-bond acceptors (Lipinski definition) is 6. The molecule has 1 saturated heterocycles. The number of aromatic hydroxyl groups is 1. The molecule has 1 fully saturated rings. The van der Waals surface area contributed by atoms with E-state index in [-0.39, 0.29) is 28.3 Å². The van der Waals surface area contributed by atoms with Crippen molar-refractivity contribution in [1.82, 2.24) is 14.9 Å². The predicted octanol–water partition coefficient (Wildman–Crippen LogP) is 1.94. The first kappa shape index (κ1) is 19.8. The summed E-state index contributed by atoms with van der Waals surface area (Å²) in [5, 5.41) is 10.3. The first-order valence-electron chi connectivity index (χ1n) is 8.92. The molecule has 0 bridgehead atoms. The zero-order valence-corrected chi connectivity index (χ0v) is 15.6. The minimum atomic E-state index is -0.315. The third-order valence-electron chi connectivity index (χ3n) is 4.20. The summed E-state index contributed by atoms with van der Waals surface area (Å²) in [7, 11) is 0. The van der Waals surface area contributed by atoms with E-state index in [9.17, 15) is 14.7 Å². The number of morpholine rings is 1. The van der Waals surface area contributed by atoms with Gasteiger partial charge in [0.05, 0.1) is 24.5 Å². The van der Waals surface area contributed by atoms with Gasteiger partial charge in [-0.2, -0.15) is 4.98 Å². The van der Waals surface area contributed by atoms with Gasteiger partial charge in [-0.15, -0.1) is 0 Å². The van der Waals surface area contributed by atoms with E-state index in [1.54, 1.807) is 4.90 Å². The van der Waals surface area contributed by atoms with Gasteiger partial charge in [0, 0.05) is 13.1 Å². The van der Waals surface area contributed by atoms with Crippen molar-refractivity contribution in [2.45, 2.75) is 50.6 Å². The van der Waals surface area contributed by atoms with E-state index in [1.807, 2.05) is 0 Å². The molecule has 2 rings (SSSR count). The molecule has 0 saturated carbocycles. The second-order valence-electron chi connectivity index (χ2n) is 6.12. The van der Waals surface area contributed by atoms with Crippen LogP contribution in [0.5, 0.6) is 5.88 Å². The summed E-state index contributed by atoms with van der Waals surface area (Å²) >= 11 is 1.14. The number of thioether (sulfide) groups is 1. The molecule has 2 heterocycles. The number of carbonyl (C=O) groups is 1. The Hall–Kier alpha value is -1.54. The highest BCUT2D eigenvalue weighted by Crippen LogP contribution is 2.19. The number of nitrogens with zero attached hydrogens (tertiary/aromatic N) is 2. The first-order chi connectivity index (χ1) is 12.1. The second kappa shape index (κ2) is 10.5. The van der Waals surface area contributed by atoms with Gasteiger partial charge in [0.15, 0.2) is 5.16 Å². The molecule has 0 spiro atoms. The van der Waals surface area contributed by atoms with Crippen LogP contribution in [0.15, 0.2) is 9.95 Å². The third kappa shape index (κ3) is 6.36. The lowest BCUT2D eigenvalue weighted by Gasteiger charge is -2.26. The number of unbranched alkanes of at least 4 members (excludes halogenated alkanes) is 4. The molecule has 140 valence electrons. The SMILES string of the molecule is CCCCCCCc1c(O)nc(SCC(=O)N2CCOCC2)[nH]c1=O. The summed E-state index contributed by atoms with van der Waals surface area (Å²) in [6.45, 7) is 4.44. The lowest BCUT2D eigenvalue weighted by molar-refractivity contribution is -0.132. The van der Waals surface area contributed by atoms with Crippen LogP contribution in [-0.4, -0.2) is 57.9 Å². The minimum Gasteiger partial charge on any atom is -0.493 e. The number of nitrogens with one attached hydrogen (secondary N) is 1. The number of carbonyl (C=O) groups excluding carboxylic acids is 1. The summed E-state index contributed by atoms with van der Waals surface area (Å²) in [4.78, 5) is 32.7. The fourth-order valence-corrected chi connectivity index (χ4v) is 3.46. The number of aromatic nitrogens is 2. The minimum absolute atomic E-state index is 0.0181. The number of H-pyrrole nitrogens is 1. The van der Waals surface area contributed by atoms with Gasteiger partial charge in [-0.3, -0.25) is 9.59 Å². The van der Waals surface area contributed by atoms with E-state index in [0.717, 1.165) is 31.0 Å². The quantitative estimate of drug-likeness (QED) is 0.392. The molecule has 7 nitrogen and oxygen atoms in total. The molecule has 1 aromatic rings. The molecule has 0 unspecified atom stereocenters. The Kier molecular flexibility index (Phi) is 8.27. The topological polar surface area (TPSA) is 95.5 Å². The van der Waals surface area contributed by atoms with Crippen LogP contribution in [0.25, 0.3) is 0 Å². The van der Waals surface area contributed by atoms with Gasteiger partial charge in [0.25, 0.3) is 5.56 Å². The van der Waals surface area contributed by atoms with Gasteiger partial charge in [0.2, 0.25) is 11.8 Å². The number of aromatic amines is 1. The molecule has 0 radical (unpaired) electrons. The molecule has 1 aliphatic heterocycles. The Bertz CT molecular complexity index is 614. The Balaban J connectivity index is 1.85. The molecule has 1 aliphatic rings. The van der Waals surface area contributed by atoms with E-state index < -0.39 is 0 Å². The summed E-state index contributed by atoms with van der Waals surface area (Å²) in [5.41, 5.74) is 0.0182. The zero-order valence-electron chi connectivity index (χ0n) is 14.8. The Labute approximate surface area is 152 Å². The molecule has 8 heteroatoms. The third-order valence-corrected chi connectivity index (χ3v) is 5.06. The Morgan fingerprint density at radius 2 is 2.00 bits per heavy atom. The Morgan fingerprint density at radius 3 is 2.68 bits per heavy atom. The van der Waals surface area contributed by atoms with Crippen LogP contribution in [0.4, 0.5) is 0 Å². The summed E-state index contributed by atoms with van der Waals surface area (Å²) in [6, 6.07) is 0. The molecular weight excluding hydrogens is 342 g/mol. The van der Waals surface area contributed by atoms with Gasteiger partial charge in [0.1, 0.15) is 0 Å². The van der Waals surface area contributed by atoms with Gasteiger partial charge in [-0.1, -0.05) is 44.4 Å². The van der Waals surface area contributed by atoms with Crippen LogP contribution in [0, 0.1) is 0 Å². The monoisotopic (exact) mass is 369 g/mol. The smallest absolute Gasteiger partial charge is 0.258 e. The fraction of sp³-hybridized carbons (Fsp3) is 0.706. The van der Waals surface area contributed by atoms with Gasteiger partial charge in [-0.25, -0.2) is 0 Å². The normalized spacial score (nSPS) is 14.7. The molecule has 1 aromatic heterocycles. The second-order valence-corrected chi connectivity index (χ2v) is 7.08. The van der Waals surface area contributed by atoms with E-state index in [2.05, 4.69) is 16.9 Å². The lowest BCUT2D eigenvalue weighted by atomic mass is 10.1. The van der Waals surface area contributed by atoms with Crippen molar-refractivity contribution < 1.29 is 14.6 Å². The number of hydrogen-bond donors (Lipinski definition) is 2. The molecule has 0 atom stereocenters. The van der Waals surface area contributed by atoms with Gasteiger partial charge >= 0.3 is 0 Å². The average molecular weight is 369 g/mol. The average Bonchev–Trinajstić information content (AvgIpc) is 2.62. The Morgan fingerprint density at radius 1 is 1.28 bits per heavy atom. The maximum Gasteiger partial charge on any atom is 0.258 e. The van der Waals surface area contributed by atoms with Crippen LogP contribution >= 0.6 is 11.8 Å². The van der Waals surface area contributed by atoms with Crippen molar-refractivity contribution in [1.29, 1.82) is 0 Å². The highest BCUT2D eigenvalue weighted by atomic mass is 32.2. The van der Waals surface area contributed by atoms with Gasteiger partial charge in [-0.05, 0) is 12.8 Å². The lowest BCUT2D eigenvalue weighted by Crippen LogP contribution is -2.41. The standard InChI is InChI=1S/C17H27N3O4S/c1-2-3-4-5-6-7-13-15(22)18-17(19-16(13)23)25-12-14(21)20-8-10-24-11-9-20/h2-12H2,1H3,(H2,18,19,22,23). The highest BCUT2D eigenvalue weighted by molar-refractivity contribution is 7.99. The van der Waals surface area contributed by atoms with E-state index in [0.29, 0.717) is 38.3 Å². The van der Waals surface area contributed by atoms with E-state index in [1.165, 1.54) is 12.8 Å². The zero-order chi connectivity index (χ0) is 18.1. The van der Waals surface area contributed by atoms with Crippen molar-refractivity contribution in [3.8, 4) is 5.88 Å². The molecule has 0 aromatic carbocycles. The van der Waals surface area contributed by atoms with Crippen LogP contribution in [0.2, 0.25) is 0 Å². The molecule has 0 aliphatic carbocycles. The van der Waals surface area contributed by atoms with E-state index in [4.69, 9.17) is 4.74 Å². The first-order valence-corrected chi connectivity index (χ1v) is 9.91. The largest absolute Gasteiger partial charge is 0.493 e. The van der Waals surface area contributed by atoms with Crippen molar-refractivity contribution in [3.63, 3.8) is 0 Å². The highest BCUT2D eigenvalue weighted by Gasteiger charge is 2.18. The molecule has 25 heavy (non-hydrogen) atoms. The maximum atomic E-state index is 12.1. The predicted molar refractivity (Wildman–Crippen MR) is 97.1 cm³/mol. The van der Waals surface area contributed by atoms with E-state index >= 15 is 0 Å². The molecule has 2 N–H and O–H groups in total. The summed E-state index contributed by atoms with van der Waals surface area (Å²) in [6.07, 6.45) is 5.92. The van der Waals surface area contributed by atoms with Gasteiger partial charge < -0.3 is 19.7 Å². The van der Waals surface area contributed by atoms with Crippen molar-refractivity contribution in [3.05, 3.63) is 15.9 Å². The fourth-order valence-electron chi connectivity index (χ4n) is 2.70. The number of ether oxygens (including phenoxy) is 1. The summed E-state index contributed by atoms with van der Waals surface area (Å²) < 4.78 is 5.22. The van der Waals surface area contributed by atoms with Crippen LogP contribution in [-0.2, 0) is 16.0 Å².